The Kier molecular flexibility index (Phi) is 6.25. The SMILES string of the molecule is CCNCC(C)C(=O)N(C)Cc1c(F)cccc1Cl. The van der Waals surface area contributed by atoms with Crippen LogP contribution in [0.2, 0.25) is 5.02 Å². The molecular weight excluding hydrogens is 267 g/mol. The number of carbonyl (C=O) groups excluding carboxylic acids is 1. The minimum Gasteiger partial charge on any atom is -0.341 e. The fourth-order valence-electron chi connectivity index (χ4n) is 1.82. The largest absolute Gasteiger partial charge is 0.341 e. The first kappa shape index (κ1) is 15.9. The highest BCUT2D eigenvalue weighted by molar-refractivity contribution is 6.31. The molecule has 1 amide bonds. The van der Waals surface area contributed by atoms with Gasteiger partial charge < -0.3 is 10.2 Å². The van der Waals surface area contributed by atoms with E-state index >= 15 is 0 Å². The molecule has 0 aliphatic heterocycles. The van der Waals surface area contributed by atoms with Crippen LogP contribution in [-0.2, 0) is 11.3 Å². The van der Waals surface area contributed by atoms with Crippen molar-refractivity contribution in [1.29, 1.82) is 0 Å². The van der Waals surface area contributed by atoms with Gasteiger partial charge in [0.15, 0.2) is 0 Å². The molecular formula is C14H20ClFN2O. The first-order valence-corrected chi connectivity index (χ1v) is 6.73. The first-order chi connectivity index (χ1) is 8.97. The number of nitrogens with one attached hydrogen (secondary N) is 1. The van der Waals surface area contributed by atoms with Crippen LogP contribution >= 0.6 is 11.6 Å². The highest BCUT2D eigenvalue weighted by Gasteiger charge is 2.19. The number of carbonyl (C=O) groups is 1. The van der Waals surface area contributed by atoms with Crippen LogP contribution in [0.3, 0.4) is 0 Å². The second-order valence-corrected chi connectivity index (χ2v) is 5.01. The predicted octanol–water partition coefficient (Wildman–Crippen LogP) is 2.68. The van der Waals surface area contributed by atoms with Gasteiger partial charge in [-0.2, -0.15) is 0 Å². The van der Waals surface area contributed by atoms with Crippen molar-refractivity contribution in [2.75, 3.05) is 20.1 Å². The lowest BCUT2D eigenvalue weighted by atomic mass is 10.1. The van der Waals surface area contributed by atoms with E-state index in [1.807, 2.05) is 13.8 Å². The molecule has 1 unspecified atom stereocenters. The highest BCUT2D eigenvalue weighted by Crippen LogP contribution is 2.20. The minimum atomic E-state index is -0.383. The Morgan fingerprint density at radius 1 is 1.53 bits per heavy atom. The molecule has 0 saturated heterocycles. The fourth-order valence-corrected chi connectivity index (χ4v) is 2.05. The summed E-state index contributed by atoms with van der Waals surface area (Å²) in [6, 6.07) is 4.53. The van der Waals surface area contributed by atoms with Gasteiger partial charge in [-0.05, 0) is 18.7 Å². The molecule has 1 N–H and O–H groups in total. The maximum Gasteiger partial charge on any atom is 0.226 e. The van der Waals surface area contributed by atoms with E-state index in [-0.39, 0.29) is 24.2 Å². The summed E-state index contributed by atoms with van der Waals surface area (Å²) in [7, 11) is 1.66. The molecule has 1 atom stereocenters. The van der Waals surface area contributed by atoms with Crippen molar-refractivity contribution in [1.82, 2.24) is 10.2 Å². The van der Waals surface area contributed by atoms with Crippen LogP contribution in [0.4, 0.5) is 4.39 Å². The lowest BCUT2D eigenvalue weighted by Gasteiger charge is -2.22. The number of nitrogens with zero attached hydrogens (tertiary/aromatic N) is 1. The molecule has 0 radical (unpaired) electrons. The van der Waals surface area contributed by atoms with Crippen molar-refractivity contribution in [3.05, 3.63) is 34.6 Å². The van der Waals surface area contributed by atoms with Crippen molar-refractivity contribution in [2.24, 2.45) is 5.92 Å². The fraction of sp³-hybridized carbons (Fsp3) is 0.500. The van der Waals surface area contributed by atoms with Gasteiger partial charge in [0.1, 0.15) is 5.82 Å². The van der Waals surface area contributed by atoms with Gasteiger partial charge in [0.2, 0.25) is 5.91 Å². The smallest absolute Gasteiger partial charge is 0.226 e. The summed E-state index contributed by atoms with van der Waals surface area (Å²) in [5, 5.41) is 3.47. The summed E-state index contributed by atoms with van der Waals surface area (Å²) in [5.74, 6) is -0.553. The van der Waals surface area contributed by atoms with Gasteiger partial charge in [-0.25, -0.2) is 4.39 Å². The molecule has 0 spiro atoms. The topological polar surface area (TPSA) is 32.3 Å². The van der Waals surface area contributed by atoms with E-state index in [0.717, 1.165) is 6.54 Å². The Morgan fingerprint density at radius 3 is 2.79 bits per heavy atom. The summed E-state index contributed by atoms with van der Waals surface area (Å²) >= 11 is 5.95. The van der Waals surface area contributed by atoms with Crippen molar-refractivity contribution in [3.8, 4) is 0 Å². The molecule has 1 aromatic rings. The lowest BCUT2D eigenvalue weighted by molar-refractivity contribution is -0.134. The zero-order valence-electron chi connectivity index (χ0n) is 11.5. The molecule has 5 heteroatoms. The summed E-state index contributed by atoms with van der Waals surface area (Å²) in [4.78, 5) is 13.6. The second kappa shape index (κ2) is 7.46. The van der Waals surface area contributed by atoms with Crippen LogP contribution in [0, 0.1) is 11.7 Å². The average molecular weight is 287 g/mol. The maximum absolute atomic E-state index is 13.6. The van der Waals surface area contributed by atoms with Crippen molar-refractivity contribution < 1.29 is 9.18 Å². The molecule has 3 nitrogen and oxygen atoms in total. The molecule has 0 aliphatic rings. The summed E-state index contributed by atoms with van der Waals surface area (Å²) in [5.41, 5.74) is 0.357. The van der Waals surface area contributed by atoms with E-state index < -0.39 is 0 Å². The lowest BCUT2D eigenvalue weighted by Crippen LogP contribution is -2.36. The van der Waals surface area contributed by atoms with Crippen LogP contribution in [0.5, 0.6) is 0 Å². The number of hydrogen-bond acceptors (Lipinski definition) is 2. The van der Waals surface area contributed by atoms with E-state index in [9.17, 15) is 9.18 Å². The monoisotopic (exact) mass is 286 g/mol. The number of hydrogen-bond donors (Lipinski definition) is 1. The average Bonchev–Trinajstić information content (AvgIpc) is 2.39. The zero-order valence-corrected chi connectivity index (χ0v) is 12.3. The Hall–Kier alpha value is -1.13. The van der Waals surface area contributed by atoms with Gasteiger partial charge in [-0.3, -0.25) is 4.79 Å². The highest BCUT2D eigenvalue weighted by atomic mass is 35.5. The van der Waals surface area contributed by atoms with Gasteiger partial charge in [-0.1, -0.05) is 31.5 Å². The second-order valence-electron chi connectivity index (χ2n) is 4.60. The molecule has 0 aromatic heterocycles. The Labute approximate surface area is 118 Å². The Balaban J connectivity index is 2.68. The standard InChI is InChI=1S/C14H20ClFN2O/c1-4-17-8-10(2)14(19)18(3)9-11-12(15)6-5-7-13(11)16/h5-7,10,17H,4,8-9H2,1-3H3. The summed E-state index contributed by atoms with van der Waals surface area (Å²) in [6.07, 6.45) is 0. The minimum absolute atomic E-state index is 0.0275. The third kappa shape index (κ3) is 4.48. The Morgan fingerprint density at radius 2 is 2.21 bits per heavy atom. The maximum atomic E-state index is 13.6. The van der Waals surface area contributed by atoms with Crippen LogP contribution in [-0.4, -0.2) is 30.9 Å². The Bertz CT molecular complexity index is 419. The molecule has 1 aromatic carbocycles. The van der Waals surface area contributed by atoms with E-state index in [4.69, 9.17) is 11.6 Å². The molecule has 106 valence electrons. The number of rotatable bonds is 6. The van der Waals surface area contributed by atoms with Gasteiger partial charge in [0.25, 0.3) is 0 Å². The van der Waals surface area contributed by atoms with Crippen molar-refractivity contribution >= 4 is 17.5 Å². The van der Waals surface area contributed by atoms with Crippen LogP contribution in [0.15, 0.2) is 18.2 Å². The molecule has 0 heterocycles. The zero-order chi connectivity index (χ0) is 14.4. The first-order valence-electron chi connectivity index (χ1n) is 6.36. The van der Waals surface area contributed by atoms with E-state index in [0.29, 0.717) is 17.1 Å². The molecule has 0 fully saturated rings. The number of benzene rings is 1. The molecule has 0 bridgehead atoms. The summed E-state index contributed by atoms with van der Waals surface area (Å²) < 4.78 is 13.6. The number of halogens is 2. The third-order valence-corrected chi connectivity index (χ3v) is 3.31. The van der Waals surface area contributed by atoms with Crippen LogP contribution in [0.25, 0.3) is 0 Å². The quantitative estimate of drug-likeness (QED) is 0.872. The van der Waals surface area contributed by atoms with E-state index in [1.165, 1.54) is 11.0 Å². The number of amides is 1. The molecule has 1 rings (SSSR count). The van der Waals surface area contributed by atoms with E-state index in [1.54, 1.807) is 19.2 Å². The van der Waals surface area contributed by atoms with Gasteiger partial charge in [-0.15, -0.1) is 0 Å². The van der Waals surface area contributed by atoms with Gasteiger partial charge in [0, 0.05) is 36.6 Å². The molecule has 0 aliphatic carbocycles. The van der Waals surface area contributed by atoms with Gasteiger partial charge >= 0.3 is 0 Å². The predicted molar refractivity (Wildman–Crippen MR) is 75.6 cm³/mol. The van der Waals surface area contributed by atoms with Crippen molar-refractivity contribution in [3.63, 3.8) is 0 Å². The third-order valence-electron chi connectivity index (χ3n) is 2.96. The van der Waals surface area contributed by atoms with Crippen LogP contribution in [0.1, 0.15) is 19.4 Å². The van der Waals surface area contributed by atoms with Gasteiger partial charge in [0.05, 0.1) is 0 Å². The normalized spacial score (nSPS) is 12.3. The van der Waals surface area contributed by atoms with E-state index in [2.05, 4.69) is 5.32 Å². The molecule has 19 heavy (non-hydrogen) atoms. The summed E-state index contributed by atoms with van der Waals surface area (Å²) in [6.45, 7) is 5.45. The van der Waals surface area contributed by atoms with Crippen LogP contribution < -0.4 is 5.32 Å². The molecule has 0 saturated carbocycles. The van der Waals surface area contributed by atoms with Crippen molar-refractivity contribution in [2.45, 2.75) is 20.4 Å².